The van der Waals surface area contributed by atoms with Crippen LogP contribution in [0.3, 0.4) is 0 Å². The van der Waals surface area contributed by atoms with Gasteiger partial charge in [-0.3, -0.25) is 0 Å². The summed E-state index contributed by atoms with van der Waals surface area (Å²) in [7, 11) is 0. The first-order chi connectivity index (χ1) is 25.1. The number of hydrogen-bond acceptors (Lipinski definition) is 0. The zero-order valence-corrected chi connectivity index (χ0v) is 37.1. The van der Waals surface area contributed by atoms with Gasteiger partial charge in [0.25, 0.3) is 0 Å². The van der Waals surface area contributed by atoms with Crippen molar-refractivity contribution in [2.45, 2.75) is 98.8 Å². The number of hydrogen-bond donors (Lipinski definition) is 0. The first-order valence-corrected chi connectivity index (χ1v) is 20.0. The molecule has 0 bridgehead atoms. The first kappa shape index (κ1) is 49.6. The van der Waals surface area contributed by atoms with Gasteiger partial charge in [0.1, 0.15) is 17.5 Å². The summed E-state index contributed by atoms with van der Waals surface area (Å²) in [5, 5.41) is 4.13. The summed E-state index contributed by atoms with van der Waals surface area (Å²) < 4.78 is 38.2. The lowest BCUT2D eigenvalue weighted by Gasteiger charge is -2.06. The van der Waals surface area contributed by atoms with E-state index in [0.29, 0.717) is 43.4 Å². The van der Waals surface area contributed by atoms with Crippen LogP contribution in [-0.2, 0) is 0 Å². The van der Waals surface area contributed by atoms with E-state index in [-0.39, 0.29) is 17.7 Å². The van der Waals surface area contributed by atoms with Crippen molar-refractivity contribution in [1.82, 2.24) is 0 Å². The van der Waals surface area contributed by atoms with Crippen molar-refractivity contribution in [3.05, 3.63) is 172 Å². The molecule has 54 heavy (non-hydrogen) atoms. The molecule has 0 fully saturated rings. The topological polar surface area (TPSA) is 0 Å². The molecule has 0 atom stereocenters. The normalized spacial score (nSPS) is 10.6. The Labute approximate surface area is 351 Å². The van der Waals surface area contributed by atoms with Crippen LogP contribution in [-0.4, -0.2) is 0 Å². The first-order valence-electron chi connectivity index (χ1n) is 17.7. The standard InChI is InChI=1S/2C9H10Cl2.C9H10ClF.C9H11Cl.C9H10F2/c1-6(2)7-3-8(10)5-9(11)4-7;2*1-6(2)8-4-3-7(10)5-9(8)11;1-7(2)8-3-5-9(10)6-4-8;1-6(2)8-4-3-7(10)5-9(8)11/h3*3-6H,1-2H3;3-7H,1-2H3;3-6H,1-2H3. The van der Waals surface area contributed by atoms with Gasteiger partial charge in [-0.15, -0.1) is 0 Å². The minimum atomic E-state index is -0.521. The van der Waals surface area contributed by atoms with Gasteiger partial charge in [0.15, 0.2) is 0 Å². The molecule has 0 unspecified atom stereocenters. The lowest BCUT2D eigenvalue weighted by Crippen LogP contribution is -1.92. The Morgan fingerprint density at radius 3 is 1.11 bits per heavy atom. The van der Waals surface area contributed by atoms with E-state index < -0.39 is 11.6 Å². The van der Waals surface area contributed by atoms with Gasteiger partial charge in [0, 0.05) is 36.2 Å². The Morgan fingerprint density at radius 2 is 0.722 bits per heavy atom. The summed E-state index contributed by atoms with van der Waals surface area (Å²) in [6.07, 6.45) is 0. The molecule has 0 aromatic heterocycles. The Morgan fingerprint density at radius 1 is 0.333 bits per heavy atom. The van der Waals surface area contributed by atoms with Crippen molar-refractivity contribution in [3.63, 3.8) is 0 Å². The number of halogens is 9. The summed E-state index contributed by atoms with van der Waals surface area (Å²) in [4.78, 5) is 0. The summed E-state index contributed by atoms with van der Waals surface area (Å²) in [6, 6.07) is 27.7. The van der Waals surface area contributed by atoms with E-state index in [9.17, 15) is 13.2 Å². The summed E-state index contributed by atoms with van der Waals surface area (Å²) in [5.41, 5.74) is 4.95. The van der Waals surface area contributed by atoms with Crippen LogP contribution in [0.1, 0.15) is 127 Å². The molecule has 0 amide bonds. The predicted octanol–water partition coefficient (Wildman–Crippen LogP) is 18.4. The highest BCUT2D eigenvalue weighted by molar-refractivity contribution is 6.35. The molecule has 0 heterocycles. The molecule has 0 radical (unpaired) electrons. The van der Waals surface area contributed by atoms with Crippen molar-refractivity contribution in [1.29, 1.82) is 0 Å². The lowest BCUT2D eigenvalue weighted by atomic mass is 10.0. The highest BCUT2D eigenvalue weighted by atomic mass is 35.5. The van der Waals surface area contributed by atoms with Gasteiger partial charge in [-0.25, -0.2) is 13.2 Å². The highest BCUT2D eigenvalue weighted by Gasteiger charge is 2.07. The predicted molar refractivity (Wildman–Crippen MR) is 233 cm³/mol. The van der Waals surface area contributed by atoms with Crippen LogP contribution in [0, 0.1) is 17.5 Å². The Bertz CT molecular complexity index is 1700. The fourth-order valence-electron chi connectivity index (χ4n) is 4.67. The van der Waals surface area contributed by atoms with Crippen LogP contribution in [0.4, 0.5) is 13.2 Å². The van der Waals surface area contributed by atoms with E-state index in [1.165, 1.54) is 29.3 Å². The van der Waals surface area contributed by atoms with Crippen molar-refractivity contribution in [2.75, 3.05) is 0 Å². The third-order valence-corrected chi connectivity index (χ3v) is 9.33. The molecular formula is C45H51Cl6F3. The molecule has 5 aromatic rings. The van der Waals surface area contributed by atoms with Crippen LogP contribution in [0.2, 0.25) is 30.1 Å². The van der Waals surface area contributed by atoms with Gasteiger partial charge in [0.2, 0.25) is 0 Å². The van der Waals surface area contributed by atoms with Crippen molar-refractivity contribution < 1.29 is 13.2 Å². The minimum absolute atomic E-state index is 0.107. The van der Waals surface area contributed by atoms with Crippen LogP contribution in [0.15, 0.2) is 97.1 Å². The third kappa shape index (κ3) is 19.0. The molecule has 9 heteroatoms. The molecule has 0 spiro atoms. The van der Waals surface area contributed by atoms with Crippen molar-refractivity contribution >= 4 is 69.6 Å². The zero-order chi connectivity index (χ0) is 41.3. The van der Waals surface area contributed by atoms with Gasteiger partial charge >= 0.3 is 0 Å². The highest BCUT2D eigenvalue weighted by Crippen LogP contribution is 2.27. The van der Waals surface area contributed by atoms with E-state index in [1.807, 2.05) is 64.1 Å². The Balaban J connectivity index is 0.000000338. The summed E-state index contributed by atoms with van der Waals surface area (Å²) >= 11 is 34.6. The lowest BCUT2D eigenvalue weighted by molar-refractivity contribution is 0.565. The van der Waals surface area contributed by atoms with Gasteiger partial charge in [-0.1, -0.05) is 169 Å². The van der Waals surface area contributed by atoms with Gasteiger partial charge in [0.05, 0.1) is 0 Å². The average Bonchev–Trinajstić information content (AvgIpc) is 3.05. The van der Waals surface area contributed by atoms with Gasteiger partial charge in [-0.2, -0.15) is 0 Å². The second-order valence-corrected chi connectivity index (χ2v) is 16.6. The van der Waals surface area contributed by atoms with E-state index in [1.54, 1.807) is 24.3 Å². The molecule has 5 aromatic carbocycles. The van der Waals surface area contributed by atoms with Crippen LogP contribution in [0.25, 0.3) is 0 Å². The van der Waals surface area contributed by atoms with E-state index >= 15 is 0 Å². The molecule has 0 nitrogen and oxygen atoms in total. The second-order valence-electron chi connectivity index (χ2n) is 14.0. The van der Waals surface area contributed by atoms with Crippen LogP contribution in [0.5, 0.6) is 0 Å². The largest absolute Gasteiger partial charge is 0.207 e. The number of benzene rings is 5. The molecule has 0 aliphatic carbocycles. The molecule has 294 valence electrons. The van der Waals surface area contributed by atoms with Crippen molar-refractivity contribution in [3.8, 4) is 0 Å². The van der Waals surface area contributed by atoms with Crippen LogP contribution >= 0.6 is 69.6 Å². The maximum atomic E-state index is 13.0. The fourth-order valence-corrected chi connectivity index (χ4v) is 6.12. The van der Waals surface area contributed by atoms with E-state index in [2.05, 4.69) is 53.7 Å². The molecular weight excluding hydrogens is 810 g/mol. The van der Waals surface area contributed by atoms with Crippen LogP contribution < -0.4 is 0 Å². The minimum Gasteiger partial charge on any atom is -0.207 e. The molecule has 0 aliphatic rings. The van der Waals surface area contributed by atoms with Crippen molar-refractivity contribution in [2.24, 2.45) is 0 Å². The Hall–Kier alpha value is -2.37. The fraction of sp³-hybridized carbons (Fsp3) is 0.333. The second kappa shape index (κ2) is 25.0. The maximum Gasteiger partial charge on any atom is 0.129 e. The number of rotatable bonds is 5. The monoisotopic (exact) mass is 858 g/mol. The quantitative estimate of drug-likeness (QED) is 0.165. The van der Waals surface area contributed by atoms with E-state index in [4.69, 9.17) is 69.6 Å². The van der Waals surface area contributed by atoms with Gasteiger partial charge < -0.3 is 0 Å². The molecule has 5 rings (SSSR count). The van der Waals surface area contributed by atoms with Gasteiger partial charge in [-0.05, 0) is 118 Å². The molecule has 0 saturated heterocycles. The Kier molecular flexibility index (Phi) is 23.0. The maximum absolute atomic E-state index is 13.0. The molecule has 0 aliphatic heterocycles. The smallest absolute Gasteiger partial charge is 0.129 e. The molecule has 0 N–H and O–H groups in total. The average molecular weight is 862 g/mol. The molecule has 0 saturated carbocycles. The van der Waals surface area contributed by atoms with E-state index in [0.717, 1.165) is 27.2 Å². The summed E-state index contributed by atoms with van der Waals surface area (Å²) in [5.74, 6) is 0.658. The zero-order valence-electron chi connectivity index (χ0n) is 32.5. The third-order valence-electron chi connectivity index (χ3n) is 7.84. The SMILES string of the molecule is CC(C)c1cc(Cl)cc(Cl)c1.CC(C)c1ccc(Cl)cc1.CC(C)c1ccc(Cl)cc1Cl.CC(C)c1ccc(Cl)cc1F.CC(C)c1ccc(F)cc1F. The summed E-state index contributed by atoms with van der Waals surface area (Å²) in [6.45, 7) is 20.4.